The third kappa shape index (κ3) is 4.82. The lowest BCUT2D eigenvalue weighted by Gasteiger charge is -2.32. The van der Waals surface area contributed by atoms with E-state index in [1.54, 1.807) is 6.07 Å². The van der Waals surface area contributed by atoms with Crippen LogP contribution in [0.3, 0.4) is 0 Å². The topological polar surface area (TPSA) is 32.7 Å². The molecule has 0 amide bonds. The van der Waals surface area contributed by atoms with Crippen molar-refractivity contribution in [2.45, 2.75) is 32.4 Å². The molecule has 1 saturated heterocycles. The van der Waals surface area contributed by atoms with E-state index >= 15 is 0 Å². The molecule has 0 aromatic heterocycles. The zero-order chi connectivity index (χ0) is 15.1. The van der Waals surface area contributed by atoms with Crippen LogP contribution in [-0.2, 0) is 11.3 Å². The number of nitrogens with zero attached hydrogens (tertiary/aromatic N) is 1. The monoisotopic (exact) mass is 291 g/mol. The van der Waals surface area contributed by atoms with E-state index in [4.69, 9.17) is 9.84 Å². The second-order valence-electron chi connectivity index (χ2n) is 5.21. The Labute approximate surface area is 125 Å². The lowest BCUT2D eigenvalue weighted by molar-refractivity contribution is -0.0325. The van der Waals surface area contributed by atoms with Crippen molar-refractivity contribution in [2.24, 2.45) is 0 Å². The maximum Gasteiger partial charge on any atom is 0.124 e. The second kappa shape index (κ2) is 8.14. The molecule has 4 heteroatoms. The fourth-order valence-corrected chi connectivity index (χ4v) is 2.43. The molecule has 0 saturated carbocycles. The van der Waals surface area contributed by atoms with Gasteiger partial charge in [-0.15, -0.1) is 0 Å². The zero-order valence-corrected chi connectivity index (χ0v) is 12.4. The van der Waals surface area contributed by atoms with Gasteiger partial charge in [-0.1, -0.05) is 24.8 Å². The van der Waals surface area contributed by atoms with Crippen molar-refractivity contribution in [1.29, 1.82) is 0 Å². The molecule has 1 atom stereocenters. The Morgan fingerprint density at radius 3 is 3.10 bits per heavy atom. The van der Waals surface area contributed by atoms with Crippen LogP contribution in [-0.4, -0.2) is 42.4 Å². The van der Waals surface area contributed by atoms with Gasteiger partial charge in [-0.2, -0.15) is 0 Å². The zero-order valence-electron chi connectivity index (χ0n) is 12.4. The number of hydrogen-bond donors (Lipinski definition) is 1. The number of rotatable bonds is 4. The average molecular weight is 291 g/mol. The van der Waals surface area contributed by atoms with Crippen molar-refractivity contribution in [1.82, 2.24) is 4.90 Å². The number of morpholine rings is 1. The number of halogens is 1. The Hall–Kier alpha value is -1.41. The molecular weight excluding hydrogens is 269 g/mol. The first-order valence-corrected chi connectivity index (χ1v) is 7.45. The van der Waals surface area contributed by atoms with Crippen LogP contribution >= 0.6 is 0 Å². The van der Waals surface area contributed by atoms with Crippen LogP contribution < -0.4 is 0 Å². The summed E-state index contributed by atoms with van der Waals surface area (Å²) in [6.45, 7) is 5.43. The molecule has 21 heavy (non-hydrogen) atoms. The van der Waals surface area contributed by atoms with Crippen molar-refractivity contribution >= 4 is 0 Å². The third-order valence-electron chi connectivity index (χ3n) is 3.60. The average Bonchev–Trinajstić information content (AvgIpc) is 2.50. The maximum atomic E-state index is 13.4. The lowest BCUT2D eigenvalue weighted by Crippen LogP contribution is -2.41. The molecule has 3 nitrogen and oxygen atoms in total. The molecule has 114 valence electrons. The minimum atomic E-state index is -0.277. The van der Waals surface area contributed by atoms with Crippen LogP contribution in [0.25, 0.3) is 0 Å². The molecule has 1 aromatic carbocycles. The number of hydrogen-bond acceptors (Lipinski definition) is 3. The molecule has 0 spiro atoms. The Morgan fingerprint density at radius 2 is 2.33 bits per heavy atom. The number of aliphatic hydroxyl groups excluding tert-OH is 1. The van der Waals surface area contributed by atoms with Crippen LogP contribution in [0.1, 0.15) is 30.9 Å². The van der Waals surface area contributed by atoms with Crippen LogP contribution in [0.4, 0.5) is 4.39 Å². The number of benzene rings is 1. The Morgan fingerprint density at radius 1 is 1.48 bits per heavy atom. The molecule has 2 rings (SSSR count). The van der Waals surface area contributed by atoms with Gasteiger partial charge in [0, 0.05) is 31.6 Å². The lowest BCUT2D eigenvalue weighted by atomic mass is 10.1. The van der Waals surface area contributed by atoms with E-state index in [0.29, 0.717) is 12.0 Å². The molecule has 1 N–H and O–H groups in total. The summed E-state index contributed by atoms with van der Waals surface area (Å²) in [4.78, 5) is 2.32. The quantitative estimate of drug-likeness (QED) is 0.863. The van der Waals surface area contributed by atoms with E-state index in [0.717, 1.165) is 38.2 Å². The molecule has 1 aliphatic heterocycles. The van der Waals surface area contributed by atoms with Crippen molar-refractivity contribution < 1.29 is 14.2 Å². The summed E-state index contributed by atoms with van der Waals surface area (Å²) < 4.78 is 19.1. The molecule has 0 radical (unpaired) electrons. The van der Waals surface area contributed by atoms with E-state index in [1.165, 1.54) is 12.1 Å². The molecule has 1 heterocycles. The summed E-state index contributed by atoms with van der Waals surface area (Å²) >= 11 is 0. The van der Waals surface area contributed by atoms with Crippen LogP contribution in [0.2, 0.25) is 0 Å². The molecular formula is C17H22FNO2. The number of ether oxygens (including phenoxy) is 1. The summed E-state index contributed by atoms with van der Waals surface area (Å²) in [7, 11) is 0. The highest BCUT2D eigenvalue weighted by Crippen LogP contribution is 2.16. The van der Waals surface area contributed by atoms with Gasteiger partial charge < -0.3 is 9.84 Å². The van der Waals surface area contributed by atoms with E-state index in [9.17, 15) is 4.39 Å². The summed E-state index contributed by atoms with van der Waals surface area (Å²) in [6.07, 6.45) is 1.69. The van der Waals surface area contributed by atoms with Gasteiger partial charge in [0.2, 0.25) is 0 Å². The van der Waals surface area contributed by atoms with Gasteiger partial charge in [-0.05, 0) is 24.1 Å². The normalized spacial score (nSPS) is 19.1. The largest absolute Gasteiger partial charge is 0.395 e. The molecule has 0 bridgehead atoms. The van der Waals surface area contributed by atoms with Crippen molar-refractivity contribution in [3.05, 3.63) is 35.1 Å². The second-order valence-corrected chi connectivity index (χ2v) is 5.21. The minimum Gasteiger partial charge on any atom is -0.395 e. The molecule has 1 aliphatic rings. The standard InChI is InChI=1S/C17H22FNO2/c1-2-17-13-19(8-10-21-17)12-15-6-7-16(18)11-14(15)5-3-4-9-20/h6-7,11,17,20H,2,4,8-10,12-13H2,1H3. The van der Waals surface area contributed by atoms with E-state index in [1.807, 2.05) is 0 Å². The summed E-state index contributed by atoms with van der Waals surface area (Å²) in [5.74, 6) is 5.55. The van der Waals surface area contributed by atoms with Crippen molar-refractivity contribution in [3.8, 4) is 11.8 Å². The van der Waals surface area contributed by atoms with Gasteiger partial charge >= 0.3 is 0 Å². The van der Waals surface area contributed by atoms with Gasteiger partial charge in [0.25, 0.3) is 0 Å². The van der Waals surface area contributed by atoms with Crippen LogP contribution in [0.5, 0.6) is 0 Å². The maximum absolute atomic E-state index is 13.4. The minimum absolute atomic E-state index is 0.0271. The first-order valence-electron chi connectivity index (χ1n) is 7.45. The van der Waals surface area contributed by atoms with Gasteiger partial charge in [0.05, 0.1) is 19.3 Å². The third-order valence-corrected chi connectivity index (χ3v) is 3.60. The summed E-state index contributed by atoms with van der Waals surface area (Å²) in [5.41, 5.74) is 1.74. The van der Waals surface area contributed by atoms with Crippen LogP contribution in [0, 0.1) is 17.7 Å². The fourth-order valence-electron chi connectivity index (χ4n) is 2.43. The predicted octanol–water partition coefficient (Wildman–Crippen LogP) is 2.17. The highest BCUT2D eigenvalue weighted by Gasteiger charge is 2.19. The van der Waals surface area contributed by atoms with Crippen LogP contribution in [0.15, 0.2) is 18.2 Å². The first kappa shape index (κ1) is 16.0. The molecule has 0 aliphatic carbocycles. The van der Waals surface area contributed by atoms with E-state index in [2.05, 4.69) is 23.7 Å². The SMILES string of the molecule is CCC1CN(Cc2ccc(F)cc2C#CCCO)CCO1. The highest BCUT2D eigenvalue weighted by atomic mass is 19.1. The molecule has 1 fully saturated rings. The van der Waals surface area contributed by atoms with Gasteiger partial charge in [0.1, 0.15) is 5.82 Å². The Balaban J connectivity index is 2.10. The van der Waals surface area contributed by atoms with E-state index in [-0.39, 0.29) is 18.5 Å². The summed E-state index contributed by atoms with van der Waals surface area (Å²) in [5, 5.41) is 8.79. The number of aliphatic hydroxyl groups is 1. The van der Waals surface area contributed by atoms with Gasteiger partial charge in [-0.25, -0.2) is 4.39 Å². The highest BCUT2D eigenvalue weighted by molar-refractivity contribution is 5.41. The molecule has 1 aromatic rings. The smallest absolute Gasteiger partial charge is 0.124 e. The Kier molecular flexibility index (Phi) is 6.19. The fraction of sp³-hybridized carbons (Fsp3) is 0.529. The Bertz CT molecular complexity index is 521. The predicted molar refractivity (Wildman–Crippen MR) is 80.3 cm³/mol. The van der Waals surface area contributed by atoms with Gasteiger partial charge in [-0.3, -0.25) is 4.90 Å². The summed E-state index contributed by atoms with van der Waals surface area (Å²) in [6, 6.07) is 4.75. The molecule has 1 unspecified atom stereocenters. The van der Waals surface area contributed by atoms with E-state index < -0.39 is 0 Å². The van der Waals surface area contributed by atoms with Crippen molar-refractivity contribution in [3.63, 3.8) is 0 Å². The van der Waals surface area contributed by atoms with Crippen molar-refractivity contribution in [2.75, 3.05) is 26.3 Å². The first-order chi connectivity index (χ1) is 10.2. The van der Waals surface area contributed by atoms with Gasteiger partial charge in [0.15, 0.2) is 0 Å².